The minimum atomic E-state index is 0.0199. The van der Waals surface area contributed by atoms with E-state index in [1.54, 1.807) is 0 Å². The lowest BCUT2D eigenvalue weighted by Gasteiger charge is -2.16. The normalized spacial score (nSPS) is 14.1. The van der Waals surface area contributed by atoms with Crippen molar-refractivity contribution in [2.75, 3.05) is 6.61 Å². The molecule has 22 heavy (non-hydrogen) atoms. The number of amides is 1. The maximum atomic E-state index is 12.3. The second-order valence-corrected chi connectivity index (χ2v) is 5.86. The highest BCUT2D eigenvalue weighted by atomic mass is 16.5. The first-order valence-electron chi connectivity index (χ1n) is 7.73. The Bertz CT molecular complexity index is 694. The third kappa shape index (κ3) is 3.14. The monoisotopic (exact) mass is 295 g/mol. The van der Waals surface area contributed by atoms with E-state index in [1.807, 2.05) is 31.2 Å². The minimum absolute atomic E-state index is 0.0199. The van der Waals surface area contributed by atoms with Crippen LogP contribution in [-0.2, 0) is 17.6 Å². The molecular weight excluding hydrogens is 274 g/mol. The Labute approximate surface area is 131 Å². The molecule has 1 N–H and O–H groups in total. The van der Waals surface area contributed by atoms with Crippen LogP contribution in [0, 0.1) is 6.92 Å². The predicted octanol–water partition coefficient (Wildman–Crippen LogP) is 3.35. The van der Waals surface area contributed by atoms with Crippen LogP contribution in [0.3, 0.4) is 0 Å². The van der Waals surface area contributed by atoms with Crippen molar-refractivity contribution in [2.45, 2.75) is 32.7 Å². The summed E-state index contributed by atoms with van der Waals surface area (Å²) >= 11 is 0. The van der Waals surface area contributed by atoms with Crippen LogP contribution in [0.4, 0.5) is 0 Å². The Hall–Kier alpha value is -2.29. The SMILES string of the molecule is Cc1ccccc1C(C)NC(=O)Cc1ccc2c(c1)CCO2. The van der Waals surface area contributed by atoms with Crippen LogP contribution in [0.5, 0.6) is 5.75 Å². The smallest absolute Gasteiger partial charge is 0.224 e. The zero-order chi connectivity index (χ0) is 15.5. The van der Waals surface area contributed by atoms with Crippen LogP contribution in [0.2, 0.25) is 0 Å². The van der Waals surface area contributed by atoms with Gasteiger partial charge in [0, 0.05) is 6.42 Å². The number of nitrogens with one attached hydrogen (secondary N) is 1. The van der Waals surface area contributed by atoms with Gasteiger partial charge in [-0.1, -0.05) is 36.4 Å². The quantitative estimate of drug-likeness (QED) is 0.939. The Kier molecular flexibility index (Phi) is 4.14. The van der Waals surface area contributed by atoms with Crippen molar-refractivity contribution in [1.29, 1.82) is 0 Å². The number of rotatable bonds is 4. The van der Waals surface area contributed by atoms with E-state index in [0.29, 0.717) is 6.42 Å². The number of carbonyl (C=O) groups is 1. The van der Waals surface area contributed by atoms with Crippen molar-refractivity contribution in [2.24, 2.45) is 0 Å². The minimum Gasteiger partial charge on any atom is -0.493 e. The standard InChI is InChI=1S/C19H21NO2/c1-13-5-3-4-6-17(13)14(2)20-19(21)12-15-7-8-18-16(11-15)9-10-22-18/h3-8,11,14H,9-10,12H2,1-2H3,(H,20,21). The van der Waals surface area contributed by atoms with Gasteiger partial charge in [0.05, 0.1) is 19.1 Å². The molecule has 3 nitrogen and oxygen atoms in total. The zero-order valence-electron chi connectivity index (χ0n) is 13.1. The lowest BCUT2D eigenvalue weighted by Crippen LogP contribution is -2.28. The lowest BCUT2D eigenvalue weighted by molar-refractivity contribution is -0.121. The summed E-state index contributed by atoms with van der Waals surface area (Å²) < 4.78 is 5.49. The van der Waals surface area contributed by atoms with Crippen LogP contribution >= 0.6 is 0 Å². The van der Waals surface area contributed by atoms with E-state index in [4.69, 9.17) is 4.74 Å². The highest BCUT2D eigenvalue weighted by Crippen LogP contribution is 2.26. The van der Waals surface area contributed by atoms with Gasteiger partial charge in [-0.15, -0.1) is 0 Å². The molecule has 0 fully saturated rings. The largest absolute Gasteiger partial charge is 0.493 e. The first-order chi connectivity index (χ1) is 10.6. The Morgan fingerprint density at radius 1 is 1.27 bits per heavy atom. The van der Waals surface area contributed by atoms with E-state index in [1.165, 1.54) is 16.7 Å². The second-order valence-electron chi connectivity index (χ2n) is 5.86. The molecule has 1 aliphatic heterocycles. The molecule has 2 aromatic carbocycles. The molecule has 2 aromatic rings. The van der Waals surface area contributed by atoms with Crippen LogP contribution in [0.15, 0.2) is 42.5 Å². The summed E-state index contributed by atoms with van der Waals surface area (Å²) in [7, 11) is 0. The second kappa shape index (κ2) is 6.22. The molecular formula is C19H21NO2. The van der Waals surface area contributed by atoms with Crippen molar-refractivity contribution in [1.82, 2.24) is 5.32 Å². The van der Waals surface area contributed by atoms with Gasteiger partial charge < -0.3 is 10.1 Å². The molecule has 3 rings (SSSR count). The van der Waals surface area contributed by atoms with Crippen molar-refractivity contribution >= 4 is 5.91 Å². The number of aryl methyl sites for hydroxylation is 1. The number of fused-ring (bicyclic) bond motifs is 1. The van der Waals surface area contributed by atoms with Gasteiger partial charge >= 0.3 is 0 Å². The van der Waals surface area contributed by atoms with Gasteiger partial charge in [0.2, 0.25) is 5.91 Å². The fourth-order valence-electron chi connectivity index (χ4n) is 2.98. The number of benzene rings is 2. The van der Waals surface area contributed by atoms with Crippen LogP contribution in [0.1, 0.15) is 35.2 Å². The fourth-order valence-corrected chi connectivity index (χ4v) is 2.98. The molecule has 1 unspecified atom stereocenters. The molecule has 0 aromatic heterocycles. The van der Waals surface area contributed by atoms with Gasteiger partial charge in [-0.3, -0.25) is 4.79 Å². The molecule has 1 atom stereocenters. The molecule has 0 saturated carbocycles. The number of hydrogen-bond donors (Lipinski definition) is 1. The average Bonchev–Trinajstić information content (AvgIpc) is 2.95. The molecule has 1 amide bonds. The summed E-state index contributed by atoms with van der Waals surface area (Å²) in [4.78, 5) is 12.3. The van der Waals surface area contributed by atoms with Crippen molar-refractivity contribution < 1.29 is 9.53 Å². The predicted molar refractivity (Wildman–Crippen MR) is 87.1 cm³/mol. The first-order valence-corrected chi connectivity index (χ1v) is 7.73. The van der Waals surface area contributed by atoms with Gasteiger partial charge in [-0.2, -0.15) is 0 Å². The summed E-state index contributed by atoms with van der Waals surface area (Å²) in [6, 6.07) is 14.2. The highest BCUT2D eigenvalue weighted by molar-refractivity contribution is 5.79. The summed E-state index contributed by atoms with van der Waals surface area (Å²) in [5, 5.41) is 3.08. The van der Waals surface area contributed by atoms with Gasteiger partial charge in [0.15, 0.2) is 0 Å². The maximum Gasteiger partial charge on any atom is 0.224 e. The number of ether oxygens (including phenoxy) is 1. The lowest BCUT2D eigenvalue weighted by atomic mass is 10.0. The van der Waals surface area contributed by atoms with Gasteiger partial charge in [-0.05, 0) is 42.2 Å². The highest BCUT2D eigenvalue weighted by Gasteiger charge is 2.15. The van der Waals surface area contributed by atoms with Gasteiger partial charge in [0.25, 0.3) is 0 Å². The van der Waals surface area contributed by atoms with E-state index in [9.17, 15) is 4.79 Å². The van der Waals surface area contributed by atoms with E-state index in [-0.39, 0.29) is 11.9 Å². The van der Waals surface area contributed by atoms with Gasteiger partial charge in [0.1, 0.15) is 5.75 Å². The summed E-state index contributed by atoms with van der Waals surface area (Å²) in [6.07, 6.45) is 1.34. The molecule has 0 bridgehead atoms. The van der Waals surface area contributed by atoms with E-state index in [0.717, 1.165) is 24.3 Å². The third-order valence-electron chi connectivity index (χ3n) is 4.15. The van der Waals surface area contributed by atoms with Crippen LogP contribution < -0.4 is 10.1 Å². The molecule has 3 heteroatoms. The molecule has 0 radical (unpaired) electrons. The molecule has 114 valence electrons. The van der Waals surface area contributed by atoms with Crippen molar-refractivity contribution in [3.05, 3.63) is 64.7 Å². The van der Waals surface area contributed by atoms with E-state index >= 15 is 0 Å². The molecule has 1 aliphatic rings. The summed E-state index contributed by atoms with van der Waals surface area (Å²) in [6.45, 7) is 4.84. The molecule has 0 spiro atoms. The topological polar surface area (TPSA) is 38.3 Å². The number of carbonyl (C=O) groups excluding carboxylic acids is 1. The molecule has 1 heterocycles. The number of hydrogen-bond acceptors (Lipinski definition) is 2. The first kappa shape index (κ1) is 14.6. The summed E-state index contributed by atoms with van der Waals surface area (Å²) in [5.74, 6) is 1.01. The van der Waals surface area contributed by atoms with E-state index in [2.05, 4.69) is 30.4 Å². The van der Waals surface area contributed by atoms with Gasteiger partial charge in [-0.25, -0.2) is 0 Å². The Morgan fingerprint density at radius 2 is 2.09 bits per heavy atom. The summed E-state index contributed by atoms with van der Waals surface area (Å²) in [5.41, 5.74) is 4.61. The van der Waals surface area contributed by atoms with Crippen molar-refractivity contribution in [3.8, 4) is 5.75 Å². The Balaban J connectivity index is 1.64. The van der Waals surface area contributed by atoms with E-state index < -0.39 is 0 Å². The fraction of sp³-hybridized carbons (Fsp3) is 0.316. The zero-order valence-corrected chi connectivity index (χ0v) is 13.1. The molecule has 0 aliphatic carbocycles. The van der Waals surface area contributed by atoms with Crippen molar-refractivity contribution in [3.63, 3.8) is 0 Å². The molecule has 0 saturated heterocycles. The average molecular weight is 295 g/mol. The third-order valence-corrected chi connectivity index (χ3v) is 4.15. The van der Waals surface area contributed by atoms with Crippen LogP contribution in [-0.4, -0.2) is 12.5 Å². The Morgan fingerprint density at radius 3 is 2.91 bits per heavy atom. The maximum absolute atomic E-state index is 12.3. The van der Waals surface area contributed by atoms with Crippen LogP contribution in [0.25, 0.3) is 0 Å².